The van der Waals surface area contributed by atoms with Crippen molar-refractivity contribution in [3.05, 3.63) is 55.0 Å². The number of hydrogen-bond donors (Lipinski definition) is 2. The van der Waals surface area contributed by atoms with Gasteiger partial charge in [-0.15, -0.1) is 0 Å². The third-order valence-electron chi connectivity index (χ3n) is 2.73. The van der Waals surface area contributed by atoms with Crippen molar-refractivity contribution in [2.75, 3.05) is 11.1 Å². The van der Waals surface area contributed by atoms with Crippen LogP contribution >= 0.6 is 0 Å². The molecule has 0 saturated heterocycles. The molecule has 2 heterocycles. The Bertz CT molecular complexity index is 689. The maximum absolute atomic E-state index is 5.66. The zero-order valence-electron chi connectivity index (χ0n) is 9.67. The summed E-state index contributed by atoms with van der Waals surface area (Å²) in [5.74, 6) is 0.494. The number of aromatic nitrogens is 2. The van der Waals surface area contributed by atoms with E-state index in [9.17, 15) is 0 Å². The molecule has 4 nitrogen and oxygen atoms in total. The van der Waals surface area contributed by atoms with Gasteiger partial charge in [-0.25, -0.2) is 4.98 Å². The standard InChI is InChI=1S/C14H12N4/c15-14-7-11(5-6-17-14)18-13-9-16-8-10-3-1-2-4-12(10)13/h1-9H,(H3,15,17,18). The second kappa shape index (κ2) is 4.33. The number of nitrogen functional groups attached to an aromatic ring is 1. The minimum absolute atomic E-state index is 0.494. The Morgan fingerprint density at radius 2 is 1.94 bits per heavy atom. The summed E-state index contributed by atoms with van der Waals surface area (Å²) in [7, 11) is 0. The maximum atomic E-state index is 5.66. The Morgan fingerprint density at radius 3 is 2.83 bits per heavy atom. The molecule has 18 heavy (non-hydrogen) atoms. The molecule has 0 aliphatic heterocycles. The Morgan fingerprint density at radius 1 is 1.06 bits per heavy atom. The van der Waals surface area contributed by atoms with Crippen LogP contribution in [-0.2, 0) is 0 Å². The van der Waals surface area contributed by atoms with E-state index in [0.29, 0.717) is 5.82 Å². The van der Waals surface area contributed by atoms with Gasteiger partial charge in [-0.3, -0.25) is 4.98 Å². The molecule has 1 aromatic carbocycles. The van der Waals surface area contributed by atoms with Gasteiger partial charge in [0.25, 0.3) is 0 Å². The van der Waals surface area contributed by atoms with Crippen LogP contribution in [0.15, 0.2) is 55.0 Å². The Kier molecular flexibility index (Phi) is 2.53. The summed E-state index contributed by atoms with van der Waals surface area (Å²) >= 11 is 0. The van der Waals surface area contributed by atoms with E-state index >= 15 is 0 Å². The molecule has 4 heteroatoms. The topological polar surface area (TPSA) is 63.8 Å². The summed E-state index contributed by atoms with van der Waals surface area (Å²) in [5.41, 5.74) is 7.52. The third-order valence-corrected chi connectivity index (χ3v) is 2.73. The molecular formula is C14H12N4. The van der Waals surface area contributed by atoms with Gasteiger partial charge in [-0.1, -0.05) is 24.3 Å². The minimum Gasteiger partial charge on any atom is -0.384 e. The number of anilines is 3. The van der Waals surface area contributed by atoms with Crippen LogP contribution < -0.4 is 11.1 Å². The Hall–Kier alpha value is -2.62. The molecule has 0 atom stereocenters. The highest BCUT2D eigenvalue weighted by Gasteiger charge is 2.01. The zero-order chi connectivity index (χ0) is 12.4. The largest absolute Gasteiger partial charge is 0.384 e. The lowest BCUT2D eigenvalue weighted by molar-refractivity contribution is 1.32. The van der Waals surface area contributed by atoms with Crippen LogP contribution in [0.25, 0.3) is 10.8 Å². The van der Waals surface area contributed by atoms with Crippen molar-refractivity contribution in [1.82, 2.24) is 9.97 Å². The number of hydrogen-bond acceptors (Lipinski definition) is 4. The minimum atomic E-state index is 0.494. The van der Waals surface area contributed by atoms with E-state index in [-0.39, 0.29) is 0 Å². The summed E-state index contributed by atoms with van der Waals surface area (Å²) in [6.07, 6.45) is 5.33. The monoisotopic (exact) mass is 236 g/mol. The normalized spacial score (nSPS) is 10.4. The second-order valence-electron chi connectivity index (χ2n) is 4.00. The molecule has 0 aliphatic rings. The van der Waals surface area contributed by atoms with Crippen LogP contribution in [0.4, 0.5) is 17.2 Å². The number of benzene rings is 1. The SMILES string of the molecule is Nc1cc(Nc2cncc3ccccc23)ccn1. The summed E-state index contributed by atoms with van der Waals surface area (Å²) < 4.78 is 0. The first-order chi connectivity index (χ1) is 8.83. The summed E-state index contributed by atoms with van der Waals surface area (Å²) in [4.78, 5) is 8.19. The smallest absolute Gasteiger partial charge is 0.125 e. The second-order valence-corrected chi connectivity index (χ2v) is 4.00. The number of nitrogens with one attached hydrogen (secondary N) is 1. The van der Waals surface area contributed by atoms with Crippen molar-refractivity contribution < 1.29 is 0 Å². The molecule has 0 saturated carbocycles. The van der Waals surface area contributed by atoms with Gasteiger partial charge in [-0.05, 0) is 6.07 Å². The van der Waals surface area contributed by atoms with Crippen LogP contribution in [0.2, 0.25) is 0 Å². The molecule has 88 valence electrons. The molecular weight excluding hydrogens is 224 g/mol. The molecule has 3 aromatic rings. The highest BCUT2D eigenvalue weighted by atomic mass is 14.9. The fourth-order valence-corrected chi connectivity index (χ4v) is 1.90. The van der Waals surface area contributed by atoms with Crippen molar-refractivity contribution in [2.45, 2.75) is 0 Å². The molecule has 0 spiro atoms. The average Bonchev–Trinajstić information content (AvgIpc) is 2.39. The molecule has 2 aromatic heterocycles. The number of pyridine rings is 2. The van der Waals surface area contributed by atoms with E-state index in [0.717, 1.165) is 22.1 Å². The number of nitrogens with zero attached hydrogens (tertiary/aromatic N) is 2. The fraction of sp³-hybridized carbons (Fsp3) is 0. The summed E-state index contributed by atoms with van der Waals surface area (Å²) in [6, 6.07) is 11.8. The van der Waals surface area contributed by atoms with Crippen LogP contribution in [0.1, 0.15) is 0 Å². The highest BCUT2D eigenvalue weighted by Crippen LogP contribution is 2.25. The molecule has 0 aliphatic carbocycles. The first kappa shape index (κ1) is 10.5. The van der Waals surface area contributed by atoms with Crippen molar-refractivity contribution in [1.29, 1.82) is 0 Å². The number of nitrogens with two attached hydrogens (primary N) is 1. The maximum Gasteiger partial charge on any atom is 0.125 e. The van der Waals surface area contributed by atoms with E-state index in [1.54, 1.807) is 18.5 Å². The summed E-state index contributed by atoms with van der Waals surface area (Å²) in [5, 5.41) is 5.53. The lowest BCUT2D eigenvalue weighted by atomic mass is 10.1. The predicted octanol–water partition coefficient (Wildman–Crippen LogP) is 2.96. The highest BCUT2D eigenvalue weighted by molar-refractivity contribution is 5.94. The zero-order valence-corrected chi connectivity index (χ0v) is 9.67. The van der Waals surface area contributed by atoms with Gasteiger partial charge < -0.3 is 11.1 Å². The van der Waals surface area contributed by atoms with E-state index in [1.807, 2.05) is 30.5 Å². The molecule has 3 N–H and O–H groups in total. The first-order valence-corrected chi connectivity index (χ1v) is 5.64. The predicted molar refractivity (Wildman–Crippen MR) is 73.7 cm³/mol. The Labute approximate surface area is 104 Å². The third kappa shape index (κ3) is 1.96. The Balaban J connectivity index is 2.05. The molecule has 3 rings (SSSR count). The molecule has 0 radical (unpaired) electrons. The van der Waals surface area contributed by atoms with Gasteiger partial charge in [0.2, 0.25) is 0 Å². The van der Waals surface area contributed by atoms with E-state index < -0.39 is 0 Å². The summed E-state index contributed by atoms with van der Waals surface area (Å²) in [6.45, 7) is 0. The van der Waals surface area contributed by atoms with E-state index in [4.69, 9.17) is 5.73 Å². The fourth-order valence-electron chi connectivity index (χ4n) is 1.90. The molecule has 0 unspecified atom stereocenters. The lowest BCUT2D eigenvalue weighted by Gasteiger charge is -2.09. The van der Waals surface area contributed by atoms with Gasteiger partial charge in [0.1, 0.15) is 5.82 Å². The number of fused-ring (bicyclic) bond motifs is 1. The van der Waals surface area contributed by atoms with Crippen molar-refractivity contribution in [3.63, 3.8) is 0 Å². The van der Waals surface area contributed by atoms with Crippen molar-refractivity contribution >= 4 is 28.0 Å². The molecule has 0 amide bonds. The lowest BCUT2D eigenvalue weighted by Crippen LogP contribution is -1.95. The van der Waals surface area contributed by atoms with Crippen molar-refractivity contribution in [2.24, 2.45) is 0 Å². The van der Waals surface area contributed by atoms with Crippen LogP contribution in [0, 0.1) is 0 Å². The average molecular weight is 236 g/mol. The molecule has 0 fully saturated rings. The van der Waals surface area contributed by atoms with Gasteiger partial charge in [0.15, 0.2) is 0 Å². The first-order valence-electron chi connectivity index (χ1n) is 5.64. The van der Waals surface area contributed by atoms with E-state index in [1.165, 1.54) is 0 Å². The van der Waals surface area contributed by atoms with E-state index in [2.05, 4.69) is 21.4 Å². The number of rotatable bonds is 2. The van der Waals surface area contributed by atoms with Gasteiger partial charge in [0, 0.05) is 34.9 Å². The van der Waals surface area contributed by atoms with Crippen LogP contribution in [0.3, 0.4) is 0 Å². The van der Waals surface area contributed by atoms with Crippen molar-refractivity contribution in [3.8, 4) is 0 Å². The van der Waals surface area contributed by atoms with Gasteiger partial charge in [0.05, 0.1) is 11.9 Å². The quantitative estimate of drug-likeness (QED) is 0.718. The van der Waals surface area contributed by atoms with Gasteiger partial charge >= 0.3 is 0 Å². The van der Waals surface area contributed by atoms with Gasteiger partial charge in [-0.2, -0.15) is 0 Å². The van der Waals surface area contributed by atoms with Crippen LogP contribution in [0.5, 0.6) is 0 Å². The van der Waals surface area contributed by atoms with Crippen LogP contribution in [-0.4, -0.2) is 9.97 Å². The molecule has 0 bridgehead atoms.